The second-order valence-electron chi connectivity index (χ2n) is 4.01. The van der Waals surface area contributed by atoms with E-state index in [2.05, 4.69) is 10.3 Å². The van der Waals surface area contributed by atoms with Crippen molar-refractivity contribution in [2.24, 2.45) is 0 Å². The van der Waals surface area contributed by atoms with Crippen LogP contribution in [0.3, 0.4) is 0 Å². The Bertz CT molecular complexity index is 686. The van der Waals surface area contributed by atoms with Crippen molar-refractivity contribution in [1.82, 2.24) is 9.55 Å². The Morgan fingerprint density at radius 1 is 1.57 bits per heavy atom. The maximum absolute atomic E-state index is 11.9. The predicted octanol–water partition coefficient (Wildman–Crippen LogP) is 2.09. The number of nitro groups is 1. The number of aromatic nitrogens is 2. The molecule has 110 valence electrons. The van der Waals surface area contributed by atoms with E-state index in [9.17, 15) is 14.9 Å². The van der Waals surface area contributed by atoms with Gasteiger partial charge in [0.05, 0.1) is 23.8 Å². The van der Waals surface area contributed by atoms with Gasteiger partial charge in [-0.25, -0.2) is 4.98 Å². The lowest BCUT2D eigenvalue weighted by Crippen LogP contribution is -2.18. The van der Waals surface area contributed by atoms with E-state index < -0.39 is 4.92 Å². The van der Waals surface area contributed by atoms with Crippen LogP contribution in [0.1, 0.15) is 0 Å². The highest BCUT2D eigenvalue weighted by molar-refractivity contribution is 6.28. The SMILES string of the molecule is COc1cc([N+](=O)[O-])ccc1NC(=O)Cn1ccnc1Cl. The number of nitrogens with one attached hydrogen (secondary N) is 1. The van der Waals surface area contributed by atoms with Crippen molar-refractivity contribution in [3.8, 4) is 5.75 Å². The number of nitrogens with zero attached hydrogens (tertiary/aromatic N) is 3. The van der Waals surface area contributed by atoms with E-state index in [0.29, 0.717) is 5.69 Å². The molecule has 0 saturated heterocycles. The van der Waals surface area contributed by atoms with Gasteiger partial charge in [0.25, 0.3) is 5.69 Å². The van der Waals surface area contributed by atoms with Gasteiger partial charge >= 0.3 is 0 Å². The van der Waals surface area contributed by atoms with Crippen molar-refractivity contribution in [3.63, 3.8) is 0 Å². The average Bonchev–Trinajstić information content (AvgIpc) is 2.84. The largest absolute Gasteiger partial charge is 0.494 e. The van der Waals surface area contributed by atoms with Gasteiger partial charge < -0.3 is 14.6 Å². The number of carbonyl (C=O) groups is 1. The predicted molar refractivity (Wildman–Crippen MR) is 75.5 cm³/mol. The molecule has 1 aromatic carbocycles. The molecule has 8 nitrogen and oxygen atoms in total. The quantitative estimate of drug-likeness (QED) is 0.673. The first-order chi connectivity index (χ1) is 10.0. The Balaban J connectivity index is 2.13. The molecular weight excluding hydrogens is 300 g/mol. The number of benzene rings is 1. The van der Waals surface area contributed by atoms with Gasteiger partial charge in [-0.15, -0.1) is 0 Å². The summed E-state index contributed by atoms with van der Waals surface area (Å²) in [4.78, 5) is 25.8. The third-order valence-corrected chi connectivity index (χ3v) is 2.96. The molecular formula is C12H11ClN4O4. The summed E-state index contributed by atoms with van der Waals surface area (Å²) in [5, 5.41) is 13.5. The molecule has 1 amide bonds. The van der Waals surface area contributed by atoms with Crippen molar-refractivity contribution in [1.29, 1.82) is 0 Å². The van der Waals surface area contributed by atoms with Gasteiger partial charge in [-0.05, 0) is 17.7 Å². The minimum atomic E-state index is -0.542. The van der Waals surface area contributed by atoms with E-state index in [-0.39, 0.29) is 29.2 Å². The molecule has 0 radical (unpaired) electrons. The summed E-state index contributed by atoms with van der Waals surface area (Å²) >= 11 is 5.77. The second-order valence-corrected chi connectivity index (χ2v) is 4.35. The third kappa shape index (κ3) is 3.48. The number of hydrogen-bond donors (Lipinski definition) is 1. The Morgan fingerprint density at radius 3 is 2.90 bits per heavy atom. The number of carbonyl (C=O) groups excluding carboxylic acids is 1. The van der Waals surface area contributed by atoms with Crippen LogP contribution in [0.15, 0.2) is 30.6 Å². The van der Waals surface area contributed by atoms with Gasteiger partial charge in [0.2, 0.25) is 11.2 Å². The Morgan fingerprint density at radius 2 is 2.33 bits per heavy atom. The molecule has 21 heavy (non-hydrogen) atoms. The number of rotatable bonds is 5. The molecule has 1 N–H and O–H groups in total. The zero-order valence-corrected chi connectivity index (χ0v) is 11.7. The van der Waals surface area contributed by atoms with Gasteiger partial charge in [-0.2, -0.15) is 0 Å². The van der Waals surface area contributed by atoms with E-state index in [1.54, 1.807) is 6.20 Å². The summed E-state index contributed by atoms with van der Waals surface area (Å²) in [6.07, 6.45) is 3.04. The van der Waals surface area contributed by atoms with Gasteiger partial charge in [0.15, 0.2) is 0 Å². The Hall–Kier alpha value is -2.61. The van der Waals surface area contributed by atoms with Crippen LogP contribution in [0.25, 0.3) is 0 Å². The molecule has 0 saturated carbocycles. The van der Waals surface area contributed by atoms with Crippen molar-refractivity contribution >= 4 is 28.9 Å². The summed E-state index contributed by atoms with van der Waals surface area (Å²) in [6, 6.07) is 3.92. The molecule has 0 aliphatic rings. The zero-order valence-electron chi connectivity index (χ0n) is 10.9. The number of halogens is 1. The van der Waals surface area contributed by atoms with Crippen molar-refractivity contribution in [2.75, 3.05) is 12.4 Å². The van der Waals surface area contributed by atoms with Gasteiger partial charge in [-0.3, -0.25) is 14.9 Å². The normalized spacial score (nSPS) is 10.2. The number of nitro benzene ring substituents is 1. The monoisotopic (exact) mass is 310 g/mol. The molecule has 9 heteroatoms. The summed E-state index contributed by atoms with van der Waals surface area (Å²) < 4.78 is 6.48. The number of anilines is 1. The van der Waals surface area contributed by atoms with Crippen LogP contribution in [-0.2, 0) is 11.3 Å². The lowest BCUT2D eigenvalue weighted by Gasteiger charge is -2.10. The highest BCUT2D eigenvalue weighted by atomic mass is 35.5. The first kappa shape index (κ1) is 14.8. The van der Waals surface area contributed by atoms with E-state index in [0.717, 1.165) is 0 Å². The molecule has 0 spiro atoms. The maximum Gasteiger partial charge on any atom is 0.273 e. The smallest absolute Gasteiger partial charge is 0.273 e. The van der Waals surface area contributed by atoms with Gasteiger partial charge in [0, 0.05) is 18.5 Å². The molecule has 2 rings (SSSR count). The van der Waals surface area contributed by atoms with Crippen LogP contribution >= 0.6 is 11.6 Å². The topological polar surface area (TPSA) is 99.3 Å². The van der Waals surface area contributed by atoms with Crippen LogP contribution in [0.2, 0.25) is 5.28 Å². The lowest BCUT2D eigenvalue weighted by molar-refractivity contribution is -0.384. The molecule has 1 aromatic heterocycles. The lowest BCUT2D eigenvalue weighted by atomic mass is 10.2. The average molecular weight is 311 g/mol. The molecule has 0 unspecified atom stereocenters. The minimum Gasteiger partial charge on any atom is -0.494 e. The molecule has 0 aliphatic carbocycles. The molecule has 1 heterocycles. The summed E-state index contributed by atoms with van der Waals surface area (Å²) in [6.45, 7) is -0.0288. The molecule has 0 fully saturated rings. The molecule has 0 aliphatic heterocycles. The zero-order chi connectivity index (χ0) is 15.4. The summed E-state index contributed by atoms with van der Waals surface area (Å²) in [7, 11) is 1.36. The Labute approximate surface area is 124 Å². The van der Waals surface area contributed by atoms with Crippen LogP contribution in [0.4, 0.5) is 11.4 Å². The first-order valence-corrected chi connectivity index (χ1v) is 6.18. The summed E-state index contributed by atoms with van der Waals surface area (Å²) in [5.41, 5.74) is 0.215. The highest BCUT2D eigenvalue weighted by Crippen LogP contribution is 2.28. The van der Waals surface area contributed by atoms with Crippen LogP contribution in [0, 0.1) is 10.1 Å². The Kier molecular flexibility index (Phi) is 4.39. The van der Waals surface area contributed by atoms with Gasteiger partial charge in [0.1, 0.15) is 12.3 Å². The highest BCUT2D eigenvalue weighted by Gasteiger charge is 2.14. The fraction of sp³-hybridized carbons (Fsp3) is 0.167. The fourth-order valence-electron chi connectivity index (χ4n) is 1.67. The van der Waals surface area contributed by atoms with E-state index in [4.69, 9.17) is 16.3 Å². The third-order valence-electron chi connectivity index (χ3n) is 2.65. The summed E-state index contributed by atoms with van der Waals surface area (Å²) in [5.74, 6) is -0.156. The van der Waals surface area contributed by atoms with E-state index >= 15 is 0 Å². The van der Waals surface area contributed by atoms with Crippen LogP contribution in [0.5, 0.6) is 5.75 Å². The maximum atomic E-state index is 11.9. The van der Waals surface area contributed by atoms with Crippen molar-refractivity contribution in [2.45, 2.75) is 6.54 Å². The van der Waals surface area contributed by atoms with Crippen LogP contribution in [-0.4, -0.2) is 27.5 Å². The standard InChI is InChI=1S/C12H11ClN4O4/c1-21-10-6-8(17(19)20)2-3-9(10)15-11(18)7-16-5-4-14-12(16)13/h2-6H,7H2,1H3,(H,15,18). The second kappa shape index (κ2) is 6.23. The molecule has 0 atom stereocenters. The van der Waals surface area contributed by atoms with E-state index in [1.165, 1.54) is 36.1 Å². The van der Waals surface area contributed by atoms with E-state index in [1.807, 2.05) is 0 Å². The number of hydrogen-bond acceptors (Lipinski definition) is 5. The fourth-order valence-corrected chi connectivity index (χ4v) is 1.84. The number of imidazole rings is 1. The van der Waals surface area contributed by atoms with Crippen molar-refractivity contribution in [3.05, 3.63) is 46.0 Å². The number of non-ortho nitro benzene ring substituents is 1. The van der Waals surface area contributed by atoms with Crippen molar-refractivity contribution < 1.29 is 14.5 Å². The van der Waals surface area contributed by atoms with Gasteiger partial charge in [-0.1, -0.05) is 0 Å². The first-order valence-electron chi connectivity index (χ1n) is 5.80. The molecule has 0 bridgehead atoms. The number of amides is 1. The van der Waals surface area contributed by atoms with Crippen LogP contribution < -0.4 is 10.1 Å². The number of ether oxygens (including phenoxy) is 1. The minimum absolute atomic E-state index is 0.0288. The molecule has 2 aromatic rings. The number of methoxy groups -OCH3 is 1.